The fourth-order valence-corrected chi connectivity index (χ4v) is 7.70. The number of nitrogens with zero attached hydrogens (tertiary/aromatic N) is 4. The van der Waals surface area contributed by atoms with Gasteiger partial charge in [-0.15, -0.1) is 0 Å². The molecular formula is C79H143N6O8+. The number of hydrogen-bond donors (Lipinski definition) is 3. The van der Waals surface area contributed by atoms with Gasteiger partial charge in [-0.25, -0.2) is 4.57 Å². The highest BCUT2D eigenvalue weighted by Crippen LogP contribution is 2.19. The fraction of sp³-hybridized carbons (Fsp3) is 0.709. The summed E-state index contributed by atoms with van der Waals surface area (Å²) in [4.78, 5) is 57.6. The lowest BCUT2D eigenvalue weighted by Crippen LogP contribution is -2.41. The van der Waals surface area contributed by atoms with Gasteiger partial charge in [-0.05, 0) is 171 Å². The van der Waals surface area contributed by atoms with Crippen LogP contribution >= 0.6 is 0 Å². The number of esters is 2. The van der Waals surface area contributed by atoms with E-state index in [1.165, 1.54) is 114 Å². The number of nitriles is 1. The van der Waals surface area contributed by atoms with Gasteiger partial charge in [0.05, 0.1) is 13.2 Å². The first-order valence-corrected chi connectivity index (χ1v) is 35.3. The summed E-state index contributed by atoms with van der Waals surface area (Å²) in [5.74, 6) is 3.69. The van der Waals surface area contributed by atoms with Crippen LogP contribution in [0.15, 0.2) is 85.2 Å². The number of hydrogen-bond acceptors (Lipinski definition) is 10. The Balaban J connectivity index is -0.000000317. The normalized spacial score (nSPS) is 11.4. The predicted octanol–water partition coefficient (Wildman–Crippen LogP) is 18.0. The van der Waals surface area contributed by atoms with Gasteiger partial charge < -0.3 is 35.0 Å². The summed E-state index contributed by atoms with van der Waals surface area (Å²) in [5.41, 5.74) is 3.70. The molecule has 3 aromatic rings. The van der Waals surface area contributed by atoms with Gasteiger partial charge in [0.25, 0.3) is 0 Å². The zero-order valence-electron chi connectivity index (χ0n) is 64.4. The average Bonchev–Trinajstić information content (AvgIpc) is 1.55. The van der Waals surface area contributed by atoms with E-state index in [4.69, 9.17) is 15.1 Å². The molecule has 93 heavy (non-hydrogen) atoms. The molecule has 0 unspecified atom stereocenters. The molecule has 0 saturated heterocycles. The maximum atomic E-state index is 11.0. The van der Waals surface area contributed by atoms with Gasteiger partial charge >= 0.3 is 17.9 Å². The second-order valence-electron chi connectivity index (χ2n) is 28.9. The SMILES string of the molecule is CC(C)C(=O)NC1CCC1.CC(C)C(=O)NCC#N.CC(C)CC(=O)O.CC(C)CC(=O)OC(C)(C)C.CC(C)CCC[n+]1ccc(-c2ccccc2)cc1.CC(C)CCCc1ccccc1.CC(C)CCN(C)C.CCN(CC)CCC(C)C.COC(=O)CC(C)C. The number of pyridine rings is 1. The van der Waals surface area contributed by atoms with Crippen molar-refractivity contribution in [2.75, 3.05) is 53.9 Å². The third kappa shape index (κ3) is 73.6. The third-order valence-corrected chi connectivity index (χ3v) is 13.6. The van der Waals surface area contributed by atoms with E-state index in [1.807, 2.05) is 82.2 Å². The van der Waals surface area contributed by atoms with Gasteiger partial charge in [-0.2, -0.15) is 5.26 Å². The third-order valence-electron chi connectivity index (χ3n) is 13.6. The maximum Gasteiger partial charge on any atom is 0.306 e. The van der Waals surface area contributed by atoms with E-state index in [0.29, 0.717) is 30.7 Å². The van der Waals surface area contributed by atoms with Gasteiger partial charge in [-0.3, -0.25) is 24.0 Å². The fourth-order valence-electron chi connectivity index (χ4n) is 7.70. The molecule has 2 aromatic carbocycles. The van der Waals surface area contributed by atoms with Gasteiger partial charge in [0, 0.05) is 55.7 Å². The number of aliphatic carboxylic acids is 1. The Morgan fingerprint density at radius 3 is 1.35 bits per heavy atom. The Labute approximate surface area is 571 Å². The van der Waals surface area contributed by atoms with E-state index in [9.17, 15) is 24.0 Å². The van der Waals surface area contributed by atoms with E-state index in [1.54, 1.807) is 13.8 Å². The van der Waals surface area contributed by atoms with Crippen molar-refractivity contribution < 1.29 is 43.1 Å². The molecule has 2 amide bonds. The van der Waals surface area contributed by atoms with Crippen LogP contribution in [0.5, 0.6) is 0 Å². The van der Waals surface area contributed by atoms with Crippen molar-refractivity contribution in [1.29, 1.82) is 5.26 Å². The Morgan fingerprint density at radius 2 is 1.02 bits per heavy atom. The zero-order chi connectivity index (χ0) is 72.5. The molecular weight excluding hydrogens is 1160 g/mol. The summed E-state index contributed by atoms with van der Waals surface area (Å²) in [6.45, 7) is 53.6. The molecule has 1 aromatic heterocycles. The van der Waals surface area contributed by atoms with Crippen LogP contribution in [-0.2, 0) is 46.4 Å². The molecule has 1 fully saturated rings. The van der Waals surface area contributed by atoms with Crippen LogP contribution in [-0.4, -0.2) is 110 Å². The first kappa shape index (κ1) is 96.0. The standard InChI is InChI=1S/C17H22N.C12H18.C9H21N.C9H18O2.C8H15NO.C7H17N.C6H10N2O.C6H12O2.C5H10O2/c1-15(2)7-6-12-18-13-10-17(11-14-18)16-8-4-3-5-9-16;1-11(2)7-6-10-12-8-4-3-5-9-12;1-5-10(6-2)8-7-9(3)4;1-7(2)6-8(10)11-9(3,4)5;1-6(2)8(10)9-7-4-3-5-7;1-7(2)5-6-8(3)4;1-5(2)6(9)8-4-3-7;1-5(2)4-6(7)8-3;1-4(2)3-5(6)7/h3-5,8-11,13-15H,6-7,12H2,1-2H3;3-5,8-9,11H,6-7,10H2,1-2H3;9H,5-8H2,1-4H3;7H,6H2,1-5H3;6-7H,3-5H2,1-2H3,(H,9,10);7H,5-6H2,1-4H3;5H,4H2,1-2H3,(H,8,9);5H,4H2,1-3H3;4H,3H2,1-2H3,(H,6,7)/q+1;;;;;;;;. The van der Waals surface area contributed by atoms with Crippen LogP contribution in [0, 0.1) is 64.6 Å². The highest BCUT2D eigenvalue weighted by Gasteiger charge is 2.20. The van der Waals surface area contributed by atoms with Crippen molar-refractivity contribution in [1.82, 2.24) is 20.4 Å². The van der Waals surface area contributed by atoms with Crippen molar-refractivity contribution in [2.45, 2.75) is 261 Å². The molecule has 536 valence electrons. The zero-order valence-corrected chi connectivity index (χ0v) is 64.4. The molecule has 3 N–H and O–H groups in total. The molecule has 1 saturated carbocycles. The number of benzene rings is 2. The molecule has 0 atom stereocenters. The number of amides is 2. The molecule has 1 aliphatic rings. The van der Waals surface area contributed by atoms with Crippen molar-refractivity contribution in [3.8, 4) is 17.2 Å². The van der Waals surface area contributed by atoms with Gasteiger partial charge in [0.15, 0.2) is 12.4 Å². The van der Waals surface area contributed by atoms with Crippen LogP contribution in [0.2, 0.25) is 0 Å². The Hall–Kier alpha value is -5.65. The lowest BCUT2D eigenvalue weighted by molar-refractivity contribution is -0.697. The highest BCUT2D eigenvalue weighted by atomic mass is 16.6. The summed E-state index contributed by atoms with van der Waals surface area (Å²) >= 11 is 0. The number of carboxylic acid groups (broad SMARTS) is 1. The minimum atomic E-state index is -0.713. The second kappa shape index (κ2) is 61.2. The van der Waals surface area contributed by atoms with E-state index in [0.717, 1.165) is 30.2 Å². The molecule has 0 bridgehead atoms. The summed E-state index contributed by atoms with van der Waals surface area (Å²) in [5, 5.41) is 21.5. The average molecular weight is 1310 g/mol. The second-order valence-corrected chi connectivity index (χ2v) is 28.9. The smallest absolute Gasteiger partial charge is 0.306 e. The van der Waals surface area contributed by atoms with E-state index < -0.39 is 5.97 Å². The molecule has 0 radical (unpaired) electrons. The van der Waals surface area contributed by atoms with Crippen LogP contribution in [0.25, 0.3) is 11.1 Å². The summed E-state index contributed by atoms with van der Waals surface area (Å²) < 4.78 is 11.8. The number of rotatable bonds is 27. The summed E-state index contributed by atoms with van der Waals surface area (Å²) in [6, 6.07) is 28.0. The largest absolute Gasteiger partial charge is 0.481 e. The first-order valence-electron chi connectivity index (χ1n) is 35.3. The lowest BCUT2D eigenvalue weighted by Gasteiger charge is -2.27. The minimum Gasteiger partial charge on any atom is -0.481 e. The minimum absolute atomic E-state index is 0.0293. The molecule has 1 heterocycles. The van der Waals surface area contributed by atoms with Crippen molar-refractivity contribution in [3.05, 3.63) is 90.8 Å². The topological polar surface area (TPSA) is 182 Å². The summed E-state index contributed by atoms with van der Waals surface area (Å²) in [7, 11) is 5.63. The number of carbonyl (C=O) groups excluding carboxylic acids is 4. The molecule has 1 aliphatic carbocycles. The maximum absolute atomic E-state index is 11.0. The van der Waals surface area contributed by atoms with Crippen molar-refractivity contribution in [3.63, 3.8) is 0 Å². The number of aryl methyl sites for hydroxylation is 2. The van der Waals surface area contributed by atoms with E-state index in [-0.39, 0.29) is 60.1 Å². The molecule has 14 heteroatoms. The first-order chi connectivity index (χ1) is 43.3. The number of aromatic nitrogens is 1. The number of carboxylic acids is 1. The molecule has 4 rings (SSSR count). The van der Waals surface area contributed by atoms with Crippen LogP contribution < -0.4 is 15.2 Å². The summed E-state index contributed by atoms with van der Waals surface area (Å²) in [6.07, 6.45) is 18.4. The number of methoxy groups -OCH3 is 1. The highest BCUT2D eigenvalue weighted by molar-refractivity contribution is 5.78. The van der Waals surface area contributed by atoms with Gasteiger partial charge in [0.1, 0.15) is 18.7 Å². The van der Waals surface area contributed by atoms with Crippen LogP contribution in [0.4, 0.5) is 0 Å². The monoisotopic (exact) mass is 1300 g/mol. The Kier molecular flexibility index (Phi) is 63.2. The predicted molar refractivity (Wildman–Crippen MR) is 394 cm³/mol. The number of ether oxygens (including phenoxy) is 2. The van der Waals surface area contributed by atoms with Crippen molar-refractivity contribution >= 4 is 29.7 Å². The Bertz CT molecular complexity index is 2250. The molecule has 0 aliphatic heterocycles. The van der Waals surface area contributed by atoms with Gasteiger partial charge in [0.2, 0.25) is 11.8 Å². The van der Waals surface area contributed by atoms with E-state index >= 15 is 0 Å². The van der Waals surface area contributed by atoms with E-state index in [2.05, 4.69) is 198 Å². The number of nitrogens with one attached hydrogen (secondary N) is 2. The van der Waals surface area contributed by atoms with Crippen LogP contribution in [0.1, 0.15) is 242 Å². The molecule has 0 spiro atoms. The lowest BCUT2D eigenvalue weighted by atomic mass is 9.93. The van der Waals surface area contributed by atoms with Crippen LogP contribution in [0.3, 0.4) is 0 Å². The number of carbonyl (C=O) groups is 5. The quantitative estimate of drug-likeness (QED) is 0.0375. The van der Waals surface area contributed by atoms with Crippen molar-refractivity contribution in [2.24, 2.45) is 53.3 Å². The Morgan fingerprint density at radius 1 is 0.591 bits per heavy atom. The van der Waals surface area contributed by atoms with Gasteiger partial charge in [-0.1, -0.05) is 206 Å². The molecule has 14 nitrogen and oxygen atoms in total.